The van der Waals surface area contributed by atoms with Gasteiger partial charge in [-0.2, -0.15) is 5.10 Å². The van der Waals surface area contributed by atoms with Crippen molar-refractivity contribution in [2.75, 3.05) is 13.2 Å². The average molecular weight is 254 g/mol. The van der Waals surface area contributed by atoms with Crippen LogP contribution in [0, 0.1) is 5.92 Å². The van der Waals surface area contributed by atoms with Crippen LogP contribution in [0.3, 0.4) is 0 Å². The fraction of sp³-hybridized carbons (Fsp3) is 0.846. The molecule has 2 atom stereocenters. The molecule has 0 amide bonds. The molecule has 0 fully saturated rings. The molecule has 0 radical (unpaired) electrons. The van der Waals surface area contributed by atoms with Crippen LogP contribution < -0.4 is 5.32 Å². The Morgan fingerprint density at radius 1 is 1.39 bits per heavy atom. The molecule has 1 heterocycles. The molecule has 1 aromatic rings. The highest BCUT2D eigenvalue weighted by atomic mass is 16.5. The Balaban J connectivity index is 2.91. The third-order valence-corrected chi connectivity index (χ3v) is 2.98. The van der Waals surface area contributed by atoms with Crippen LogP contribution in [-0.4, -0.2) is 34.0 Å². The maximum absolute atomic E-state index is 5.90. The standard InChI is InChI=1S/C13H26N4O/c1-6-8-14-11(12(10(3)4)18-7-2)13-15-9-16-17(13)5/h9-12,14H,6-8H2,1-5H3. The lowest BCUT2D eigenvalue weighted by molar-refractivity contribution is -0.0000812. The van der Waals surface area contributed by atoms with E-state index in [2.05, 4.69) is 36.2 Å². The van der Waals surface area contributed by atoms with Gasteiger partial charge in [0, 0.05) is 13.7 Å². The van der Waals surface area contributed by atoms with Crippen molar-refractivity contribution in [3.8, 4) is 0 Å². The third kappa shape index (κ3) is 3.78. The second-order valence-corrected chi connectivity index (χ2v) is 4.84. The summed E-state index contributed by atoms with van der Waals surface area (Å²) >= 11 is 0. The smallest absolute Gasteiger partial charge is 0.146 e. The van der Waals surface area contributed by atoms with Crippen LogP contribution >= 0.6 is 0 Å². The molecule has 5 nitrogen and oxygen atoms in total. The summed E-state index contributed by atoms with van der Waals surface area (Å²) in [6.07, 6.45) is 2.80. The van der Waals surface area contributed by atoms with Gasteiger partial charge in [0.2, 0.25) is 0 Å². The van der Waals surface area contributed by atoms with Crippen LogP contribution in [0.15, 0.2) is 6.33 Å². The molecular weight excluding hydrogens is 228 g/mol. The number of ether oxygens (including phenoxy) is 1. The predicted octanol–water partition coefficient (Wildman–Crippen LogP) is 1.92. The summed E-state index contributed by atoms with van der Waals surface area (Å²) in [6, 6.07) is 0.0948. The molecule has 104 valence electrons. The molecule has 0 bridgehead atoms. The van der Waals surface area contributed by atoms with Gasteiger partial charge in [-0.25, -0.2) is 4.98 Å². The van der Waals surface area contributed by atoms with Crippen LogP contribution in [0.1, 0.15) is 46.0 Å². The predicted molar refractivity (Wildman–Crippen MR) is 72.3 cm³/mol. The molecule has 0 aliphatic heterocycles. The maximum Gasteiger partial charge on any atom is 0.146 e. The zero-order valence-corrected chi connectivity index (χ0v) is 12.2. The third-order valence-electron chi connectivity index (χ3n) is 2.98. The first kappa shape index (κ1) is 15.1. The minimum Gasteiger partial charge on any atom is -0.376 e. The lowest BCUT2D eigenvalue weighted by atomic mass is 9.98. The van der Waals surface area contributed by atoms with E-state index in [1.807, 2.05) is 18.7 Å². The molecule has 0 aromatic carbocycles. The van der Waals surface area contributed by atoms with Gasteiger partial charge >= 0.3 is 0 Å². The Morgan fingerprint density at radius 2 is 2.11 bits per heavy atom. The number of nitrogens with one attached hydrogen (secondary N) is 1. The number of hydrogen-bond donors (Lipinski definition) is 1. The first-order chi connectivity index (χ1) is 8.61. The van der Waals surface area contributed by atoms with E-state index in [9.17, 15) is 0 Å². The highest BCUT2D eigenvalue weighted by molar-refractivity contribution is 4.99. The molecule has 0 spiro atoms. The van der Waals surface area contributed by atoms with Gasteiger partial charge in [-0.15, -0.1) is 0 Å². The van der Waals surface area contributed by atoms with Crippen LogP contribution in [0.5, 0.6) is 0 Å². The van der Waals surface area contributed by atoms with Crippen molar-refractivity contribution in [2.45, 2.75) is 46.3 Å². The van der Waals surface area contributed by atoms with E-state index >= 15 is 0 Å². The normalized spacial score (nSPS) is 15.0. The van der Waals surface area contributed by atoms with Crippen molar-refractivity contribution >= 4 is 0 Å². The number of aryl methyl sites for hydroxylation is 1. The van der Waals surface area contributed by atoms with Crippen LogP contribution in [-0.2, 0) is 11.8 Å². The zero-order chi connectivity index (χ0) is 13.5. The van der Waals surface area contributed by atoms with E-state index in [0.717, 1.165) is 18.8 Å². The quantitative estimate of drug-likeness (QED) is 0.770. The van der Waals surface area contributed by atoms with Gasteiger partial charge in [0.05, 0.1) is 12.1 Å². The van der Waals surface area contributed by atoms with Gasteiger partial charge in [0.25, 0.3) is 0 Å². The van der Waals surface area contributed by atoms with Crippen molar-refractivity contribution in [3.63, 3.8) is 0 Å². The molecule has 18 heavy (non-hydrogen) atoms. The van der Waals surface area contributed by atoms with Crippen molar-refractivity contribution in [3.05, 3.63) is 12.2 Å². The monoisotopic (exact) mass is 254 g/mol. The second-order valence-electron chi connectivity index (χ2n) is 4.84. The van der Waals surface area contributed by atoms with Crippen molar-refractivity contribution in [2.24, 2.45) is 13.0 Å². The summed E-state index contributed by atoms with van der Waals surface area (Å²) in [5.41, 5.74) is 0. The molecular formula is C13H26N4O. The van der Waals surface area contributed by atoms with Gasteiger partial charge in [-0.1, -0.05) is 20.8 Å². The highest BCUT2D eigenvalue weighted by Crippen LogP contribution is 2.23. The van der Waals surface area contributed by atoms with E-state index in [1.54, 1.807) is 6.33 Å². The molecule has 2 unspecified atom stereocenters. The number of aromatic nitrogens is 3. The van der Waals surface area contributed by atoms with Crippen molar-refractivity contribution in [1.82, 2.24) is 20.1 Å². The van der Waals surface area contributed by atoms with Crippen LogP contribution in [0.2, 0.25) is 0 Å². The Bertz CT molecular complexity index is 337. The van der Waals surface area contributed by atoms with Gasteiger partial charge in [0.1, 0.15) is 12.2 Å². The van der Waals surface area contributed by atoms with Gasteiger partial charge < -0.3 is 10.1 Å². The topological polar surface area (TPSA) is 52.0 Å². The Morgan fingerprint density at radius 3 is 2.56 bits per heavy atom. The molecule has 0 aliphatic rings. The fourth-order valence-electron chi connectivity index (χ4n) is 2.11. The number of rotatable bonds is 8. The molecule has 0 saturated heterocycles. The summed E-state index contributed by atoms with van der Waals surface area (Å²) in [4.78, 5) is 4.36. The molecule has 1 aromatic heterocycles. The fourth-order valence-corrected chi connectivity index (χ4v) is 2.11. The molecule has 1 rings (SSSR count). The van der Waals surface area contributed by atoms with E-state index < -0.39 is 0 Å². The Hall–Kier alpha value is -0.940. The van der Waals surface area contributed by atoms with Crippen LogP contribution in [0.25, 0.3) is 0 Å². The summed E-state index contributed by atoms with van der Waals surface area (Å²) in [5, 5.41) is 7.69. The van der Waals surface area contributed by atoms with Gasteiger partial charge in [-0.05, 0) is 25.8 Å². The number of hydrogen-bond acceptors (Lipinski definition) is 4. The average Bonchev–Trinajstić information content (AvgIpc) is 2.74. The summed E-state index contributed by atoms with van der Waals surface area (Å²) in [6.45, 7) is 10.2. The summed E-state index contributed by atoms with van der Waals surface area (Å²) < 4.78 is 7.72. The van der Waals surface area contributed by atoms with Crippen molar-refractivity contribution in [1.29, 1.82) is 0 Å². The highest BCUT2D eigenvalue weighted by Gasteiger charge is 2.29. The van der Waals surface area contributed by atoms with Crippen LogP contribution in [0.4, 0.5) is 0 Å². The van der Waals surface area contributed by atoms with E-state index in [1.165, 1.54) is 0 Å². The Labute approximate surface area is 110 Å². The minimum absolute atomic E-state index is 0.0948. The maximum atomic E-state index is 5.90. The largest absolute Gasteiger partial charge is 0.376 e. The first-order valence-electron chi connectivity index (χ1n) is 6.80. The molecule has 1 N–H and O–H groups in total. The lowest BCUT2D eigenvalue weighted by Gasteiger charge is -2.30. The van der Waals surface area contributed by atoms with E-state index in [4.69, 9.17) is 4.74 Å². The lowest BCUT2D eigenvalue weighted by Crippen LogP contribution is -2.39. The van der Waals surface area contributed by atoms with Gasteiger partial charge in [0.15, 0.2) is 0 Å². The summed E-state index contributed by atoms with van der Waals surface area (Å²) in [5.74, 6) is 1.37. The minimum atomic E-state index is 0.0948. The van der Waals surface area contributed by atoms with Crippen molar-refractivity contribution < 1.29 is 4.74 Å². The molecule has 0 saturated carbocycles. The summed E-state index contributed by atoms with van der Waals surface area (Å²) in [7, 11) is 1.92. The van der Waals surface area contributed by atoms with E-state index in [-0.39, 0.29) is 12.1 Å². The van der Waals surface area contributed by atoms with Gasteiger partial charge in [-0.3, -0.25) is 4.68 Å². The SMILES string of the molecule is CCCNC(c1ncnn1C)C(OCC)C(C)C. The number of nitrogens with zero attached hydrogens (tertiary/aromatic N) is 3. The first-order valence-corrected chi connectivity index (χ1v) is 6.80. The molecule has 0 aliphatic carbocycles. The Kier molecular flexibility index (Phi) is 6.29. The second kappa shape index (κ2) is 7.48. The molecule has 5 heteroatoms. The zero-order valence-electron chi connectivity index (χ0n) is 12.2. The van der Waals surface area contributed by atoms with E-state index in [0.29, 0.717) is 12.5 Å².